The first-order valence-corrected chi connectivity index (χ1v) is 10.3. The molecule has 1 saturated carbocycles. The third-order valence-electron chi connectivity index (χ3n) is 5.58. The fourth-order valence-electron chi connectivity index (χ4n) is 3.61. The van der Waals surface area contributed by atoms with Crippen molar-refractivity contribution in [3.63, 3.8) is 0 Å². The van der Waals surface area contributed by atoms with Gasteiger partial charge in [-0.3, -0.25) is 0 Å². The maximum atomic E-state index is 14.0. The Morgan fingerprint density at radius 2 is 2.00 bits per heavy atom. The second-order valence-corrected chi connectivity index (χ2v) is 8.20. The first-order valence-electron chi connectivity index (χ1n) is 9.89. The molecule has 4 rings (SSSR count). The smallest absolute Gasteiger partial charge is 0.546 e. The van der Waals surface area contributed by atoms with Crippen LogP contribution >= 0.6 is 11.6 Å². The van der Waals surface area contributed by atoms with Crippen LogP contribution in [0, 0.1) is 11.7 Å². The molecule has 160 valence electrons. The zero-order valence-corrected chi connectivity index (χ0v) is 20.3. The summed E-state index contributed by atoms with van der Waals surface area (Å²) in [5, 5.41) is 11.5. The summed E-state index contributed by atoms with van der Waals surface area (Å²) in [6, 6.07) is 5.91. The molecule has 2 heterocycles. The van der Waals surface area contributed by atoms with Crippen molar-refractivity contribution in [1.29, 1.82) is 0 Å². The monoisotopic (exact) mass is 457 g/mol. The Kier molecular flexibility index (Phi) is 7.81. The van der Waals surface area contributed by atoms with Crippen molar-refractivity contribution in [2.24, 2.45) is 5.92 Å². The van der Waals surface area contributed by atoms with Gasteiger partial charge in [0, 0.05) is 38.4 Å². The Morgan fingerprint density at radius 1 is 1.29 bits per heavy atom. The van der Waals surface area contributed by atoms with Crippen LogP contribution in [0.15, 0.2) is 24.3 Å². The maximum absolute atomic E-state index is 14.0. The van der Waals surface area contributed by atoms with Crippen molar-refractivity contribution >= 4 is 23.5 Å². The standard InChI is InChI=1S/C21H23ClFN3O4.Na/c1-29-12-13-4-8-26(9-5-13)20-24-17(14-2-3-15(22)16(23)10-14)11-18(25-20)30-21(6-7-21)19(27)28;/h2-3,10-11,13H,4-9,12H2,1H3,(H,27,28);/q;+1/p-1. The summed E-state index contributed by atoms with van der Waals surface area (Å²) >= 11 is 5.80. The number of methoxy groups -OCH3 is 1. The van der Waals surface area contributed by atoms with Crippen molar-refractivity contribution in [1.82, 2.24) is 9.97 Å². The van der Waals surface area contributed by atoms with E-state index in [1.807, 2.05) is 4.90 Å². The molecule has 0 radical (unpaired) electrons. The van der Waals surface area contributed by atoms with E-state index in [0.29, 0.717) is 42.6 Å². The van der Waals surface area contributed by atoms with Gasteiger partial charge in [-0.2, -0.15) is 4.98 Å². The van der Waals surface area contributed by atoms with E-state index in [-0.39, 0.29) is 40.5 Å². The summed E-state index contributed by atoms with van der Waals surface area (Å²) in [6.07, 6.45) is 2.58. The number of nitrogens with zero attached hydrogens (tertiary/aromatic N) is 3. The quantitative estimate of drug-likeness (QED) is 0.516. The second-order valence-electron chi connectivity index (χ2n) is 7.79. The van der Waals surface area contributed by atoms with Crippen molar-refractivity contribution in [3.05, 3.63) is 35.1 Å². The van der Waals surface area contributed by atoms with Gasteiger partial charge in [0.05, 0.1) is 16.7 Å². The molecular weight excluding hydrogens is 436 g/mol. The molecule has 2 aliphatic rings. The molecule has 0 bridgehead atoms. The summed E-state index contributed by atoms with van der Waals surface area (Å²) in [6.45, 7) is 2.18. The minimum Gasteiger partial charge on any atom is -0.546 e. The number of hydrogen-bond donors (Lipinski definition) is 0. The number of carboxylic acids is 1. The van der Waals surface area contributed by atoms with Crippen LogP contribution < -0.4 is 44.3 Å². The molecule has 1 saturated heterocycles. The summed E-state index contributed by atoms with van der Waals surface area (Å²) in [4.78, 5) is 22.5. The number of anilines is 1. The van der Waals surface area contributed by atoms with Crippen LogP contribution in [0.25, 0.3) is 11.3 Å². The van der Waals surface area contributed by atoms with E-state index in [9.17, 15) is 14.3 Å². The van der Waals surface area contributed by atoms with Crippen LogP contribution in [-0.2, 0) is 9.53 Å². The van der Waals surface area contributed by atoms with E-state index < -0.39 is 17.4 Å². The molecule has 1 aliphatic heterocycles. The number of carbonyl (C=O) groups is 1. The molecule has 1 aromatic carbocycles. The van der Waals surface area contributed by atoms with Crippen LogP contribution in [0.2, 0.25) is 5.02 Å². The van der Waals surface area contributed by atoms with E-state index in [4.69, 9.17) is 21.1 Å². The minimum atomic E-state index is -1.35. The normalized spacial score (nSPS) is 17.7. The molecule has 0 atom stereocenters. The molecule has 2 aromatic rings. The zero-order valence-electron chi connectivity index (χ0n) is 17.6. The molecule has 1 aliphatic carbocycles. The fourth-order valence-corrected chi connectivity index (χ4v) is 3.72. The molecule has 10 heteroatoms. The fraction of sp³-hybridized carbons (Fsp3) is 0.476. The zero-order chi connectivity index (χ0) is 21.3. The number of hydrogen-bond acceptors (Lipinski definition) is 7. The first kappa shape index (κ1) is 24.2. The number of aromatic nitrogens is 2. The number of piperidine rings is 1. The summed E-state index contributed by atoms with van der Waals surface area (Å²) in [5.41, 5.74) is -0.420. The number of benzene rings is 1. The predicted molar refractivity (Wildman–Crippen MR) is 107 cm³/mol. The van der Waals surface area contributed by atoms with Gasteiger partial charge in [-0.15, -0.1) is 0 Å². The third-order valence-corrected chi connectivity index (χ3v) is 5.89. The van der Waals surface area contributed by atoms with Gasteiger partial charge in [-0.05, 0) is 43.7 Å². The number of rotatable bonds is 7. The summed E-state index contributed by atoms with van der Waals surface area (Å²) in [5.74, 6) is -0.801. The van der Waals surface area contributed by atoms with Crippen LogP contribution in [0.5, 0.6) is 5.88 Å². The first-order chi connectivity index (χ1) is 14.4. The maximum Gasteiger partial charge on any atom is 1.00 e. The van der Waals surface area contributed by atoms with Gasteiger partial charge in [0.2, 0.25) is 11.8 Å². The molecule has 2 fully saturated rings. The Morgan fingerprint density at radius 3 is 2.58 bits per heavy atom. The van der Waals surface area contributed by atoms with Crippen LogP contribution in [0.4, 0.5) is 10.3 Å². The van der Waals surface area contributed by atoms with Gasteiger partial charge in [0.1, 0.15) is 5.82 Å². The number of aliphatic carboxylic acids is 1. The molecule has 0 amide bonds. The summed E-state index contributed by atoms with van der Waals surface area (Å²) in [7, 11) is 1.69. The molecule has 0 spiro atoms. The molecule has 0 unspecified atom stereocenters. The van der Waals surface area contributed by atoms with Crippen LogP contribution in [0.1, 0.15) is 25.7 Å². The van der Waals surface area contributed by atoms with Crippen LogP contribution in [-0.4, -0.2) is 48.3 Å². The SMILES string of the molecule is COCC1CCN(c2nc(OC3(C(=O)[O-])CC3)cc(-c3ccc(Cl)c(F)c3)n2)CC1.[Na+]. The van der Waals surface area contributed by atoms with E-state index >= 15 is 0 Å². The number of carboxylic acid groups (broad SMARTS) is 1. The largest absolute Gasteiger partial charge is 1.00 e. The number of ether oxygens (including phenoxy) is 2. The van der Waals surface area contributed by atoms with E-state index in [1.54, 1.807) is 13.2 Å². The number of halogens is 2. The molecule has 7 nitrogen and oxygen atoms in total. The summed E-state index contributed by atoms with van der Waals surface area (Å²) < 4.78 is 25.0. The van der Waals surface area contributed by atoms with Crippen molar-refractivity contribution < 1.29 is 53.3 Å². The van der Waals surface area contributed by atoms with E-state index in [0.717, 1.165) is 25.9 Å². The van der Waals surface area contributed by atoms with Gasteiger partial charge >= 0.3 is 29.6 Å². The van der Waals surface area contributed by atoms with Gasteiger partial charge in [0.25, 0.3) is 0 Å². The Bertz CT molecular complexity index is 952. The average Bonchev–Trinajstić information content (AvgIpc) is 3.51. The average molecular weight is 458 g/mol. The van der Waals surface area contributed by atoms with E-state index in [1.165, 1.54) is 18.2 Å². The Labute approximate surface area is 207 Å². The Balaban J connectivity index is 0.00000272. The minimum absolute atomic E-state index is 0. The van der Waals surface area contributed by atoms with Gasteiger partial charge < -0.3 is 24.3 Å². The second kappa shape index (κ2) is 10.0. The Hall–Kier alpha value is -1.45. The van der Waals surface area contributed by atoms with Gasteiger partial charge in [-0.25, -0.2) is 9.37 Å². The molecular formula is C21H22ClFN3NaO4. The third kappa shape index (κ3) is 5.49. The van der Waals surface area contributed by atoms with Crippen molar-refractivity contribution in [2.75, 3.05) is 31.7 Å². The van der Waals surface area contributed by atoms with E-state index in [2.05, 4.69) is 9.97 Å². The molecule has 0 N–H and O–H groups in total. The van der Waals surface area contributed by atoms with Crippen LogP contribution in [0.3, 0.4) is 0 Å². The predicted octanol–water partition coefficient (Wildman–Crippen LogP) is -0.536. The van der Waals surface area contributed by atoms with Crippen molar-refractivity contribution in [3.8, 4) is 17.1 Å². The van der Waals surface area contributed by atoms with Crippen molar-refractivity contribution in [2.45, 2.75) is 31.3 Å². The number of carbonyl (C=O) groups excluding carboxylic acids is 1. The molecule has 1 aromatic heterocycles. The van der Waals surface area contributed by atoms with Gasteiger partial charge in [-0.1, -0.05) is 17.7 Å². The topological polar surface area (TPSA) is 87.6 Å². The molecule has 31 heavy (non-hydrogen) atoms. The van der Waals surface area contributed by atoms with Gasteiger partial charge in [0.15, 0.2) is 5.60 Å².